The highest BCUT2D eigenvalue weighted by atomic mass is 16.5. The van der Waals surface area contributed by atoms with Gasteiger partial charge in [-0.2, -0.15) is 0 Å². The Kier molecular flexibility index (Phi) is 5.47. The van der Waals surface area contributed by atoms with Crippen molar-refractivity contribution in [2.24, 2.45) is 0 Å². The summed E-state index contributed by atoms with van der Waals surface area (Å²) in [6, 6.07) is -0.257. The van der Waals surface area contributed by atoms with E-state index in [0.717, 1.165) is 0 Å². The lowest BCUT2D eigenvalue weighted by Gasteiger charge is -2.01. The molecule has 10 heavy (non-hydrogen) atoms. The third kappa shape index (κ3) is 5.11. The fourth-order valence-corrected chi connectivity index (χ4v) is 0.410. The summed E-state index contributed by atoms with van der Waals surface area (Å²) in [5.74, 6) is 0. The van der Waals surface area contributed by atoms with Crippen molar-refractivity contribution in [3.8, 4) is 0 Å². The van der Waals surface area contributed by atoms with E-state index in [2.05, 4.69) is 17.2 Å². The molecule has 58 valence electrons. The zero-order chi connectivity index (χ0) is 7.82. The minimum Gasteiger partial charge on any atom is -0.383 e. The molecule has 0 aliphatic rings. The molecule has 0 fully saturated rings. The lowest BCUT2D eigenvalue weighted by Crippen LogP contribution is -2.34. The monoisotopic (exact) mass is 144 g/mol. The van der Waals surface area contributed by atoms with E-state index in [0.29, 0.717) is 13.2 Å². The Morgan fingerprint density at radius 1 is 1.80 bits per heavy atom. The quantitative estimate of drug-likeness (QED) is 0.549. The van der Waals surface area contributed by atoms with Crippen LogP contribution in [0.3, 0.4) is 0 Å². The molecule has 0 aliphatic carbocycles. The van der Waals surface area contributed by atoms with Crippen LogP contribution in [-0.4, -0.2) is 26.3 Å². The predicted octanol–water partition coefficient (Wildman–Crippen LogP) is 0.0755. The Morgan fingerprint density at radius 2 is 2.50 bits per heavy atom. The van der Waals surface area contributed by atoms with Gasteiger partial charge < -0.3 is 15.4 Å². The molecule has 0 saturated heterocycles. The van der Waals surface area contributed by atoms with Crippen LogP contribution in [0.15, 0.2) is 12.8 Å². The van der Waals surface area contributed by atoms with Crippen molar-refractivity contribution in [3.63, 3.8) is 0 Å². The first-order valence-corrected chi connectivity index (χ1v) is 2.95. The maximum atomic E-state index is 10.6. The summed E-state index contributed by atoms with van der Waals surface area (Å²) in [5.41, 5.74) is 0. The van der Waals surface area contributed by atoms with Crippen LogP contribution in [0.4, 0.5) is 4.79 Å². The van der Waals surface area contributed by atoms with Gasteiger partial charge in [0.2, 0.25) is 0 Å². The van der Waals surface area contributed by atoms with E-state index in [1.807, 2.05) is 0 Å². The smallest absolute Gasteiger partial charge is 0.318 e. The van der Waals surface area contributed by atoms with Gasteiger partial charge in [-0.1, -0.05) is 6.58 Å². The number of hydrogen-bond donors (Lipinski definition) is 2. The third-order valence-corrected chi connectivity index (χ3v) is 0.825. The fourth-order valence-electron chi connectivity index (χ4n) is 0.410. The number of methoxy groups -OCH3 is 1. The highest BCUT2D eigenvalue weighted by molar-refractivity contribution is 5.74. The first kappa shape index (κ1) is 8.97. The normalized spacial score (nSPS) is 8.50. The molecule has 0 aromatic carbocycles. The van der Waals surface area contributed by atoms with E-state index in [-0.39, 0.29) is 6.03 Å². The van der Waals surface area contributed by atoms with E-state index in [1.165, 1.54) is 6.20 Å². The Bertz CT molecular complexity index is 114. The van der Waals surface area contributed by atoms with Crippen LogP contribution in [0.5, 0.6) is 0 Å². The van der Waals surface area contributed by atoms with Gasteiger partial charge in [0.25, 0.3) is 0 Å². The van der Waals surface area contributed by atoms with Crippen molar-refractivity contribution in [2.45, 2.75) is 0 Å². The molecule has 0 aromatic rings. The Morgan fingerprint density at radius 3 is 3.00 bits per heavy atom. The zero-order valence-corrected chi connectivity index (χ0v) is 6.02. The van der Waals surface area contributed by atoms with Crippen LogP contribution < -0.4 is 10.6 Å². The van der Waals surface area contributed by atoms with Crippen molar-refractivity contribution < 1.29 is 9.53 Å². The van der Waals surface area contributed by atoms with Crippen molar-refractivity contribution >= 4 is 6.03 Å². The molecule has 0 heterocycles. The van der Waals surface area contributed by atoms with Gasteiger partial charge in [0, 0.05) is 13.7 Å². The van der Waals surface area contributed by atoms with Crippen LogP contribution in [0.25, 0.3) is 0 Å². The second-order valence-corrected chi connectivity index (χ2v) is 1.60. The Balaban J connectivity index is 3.13. The summed E-state index contributed by atoms with van der Waals surface area (Å²) >= 11 is 0. The second-order valence-electron chi connectivity index (χ2n) is 1.60. The minimum atomic E-state index is -0.257. The number of carbonyl (C=O) groups is 1. The van der Waals surface area contributed by atoms with E-state index < -0.39 is 0 Å². The van der Waals surface area contributed by atoms with E-state index in [1.54, 1.807) is 7.11 Å². The van der Waals surface area contributed by atoms with Gasteiger partial charge >= 0.3 is 6.03 Å². The van der Waals surface area contributed by atoms with Crippen molar-refractivity contribution in [3.05, 3.63) is 12.8 Å². The lowest BCUT2D eigenvalue weighted by atomic mass is 10.7. The van der Waals surface area contributed by atoms with E-state index >= 15 is 0 Å². The first-order chi connectivity index (χ1) is 4.81. The van der Waals surface area contributed by atoms with Gasteiger partial charge in [-0.25, -0.2) is 4.79 Å². The predicted molar refractivity (Wildman–Crippen MR) is 38.6 cm³/mol. The molecule has 0 rings (SSSR count). The number of amides is 2. The molecule has 0 radical (unpaired) electrons. The van der Waals surface area contributed by atoms with Crippen molar-refractivity contribution in [1.82, 2.24) is 10.6 Å². The molecule has 0 aromatic heterocycles. The molecule has 0 atom stereocenters. The summed E-state index contributed by atoms with van der Waals surface area (Å²) in [7, 11) is 1.58. The Labute approximate surface area is 60.2 Å². The van der Waals surface area contributed by atoms with Gasteiger partial charge in [-0.3, -0.25) is 0 Å². The number of urea groups is 1. The SMILES string of the molecule is C=CNC(=O)NCCOC. The van der Waals surface area contributed by atoms with E-state index in [4.69, 9.17) is 4.74 Å². The van der Waals surface area contributed by atoms with Crippen LogP contribution in [0.1, 0.15) is 0 Å². The zero-order valence-electron chi connectivity index (χ0n) is 6.02. The summed E-state index contributed by atoms with van der Waals surface area (Å²) in [6.07, 6.45) is 1.32. The van der Waals surface area contributed by atoms with Gasteiger partial charge in [0.05, 0.1) is 6.61 Å². The van der Waals surface area contributed by atoms with Crippen LogP contribution in [0.2, 0.25) is 0 Å². The van der Waals surface area contributed by atoms with Gasteiger partial charge in [-0.05, 0) is 6.20 Å². The first-order valence-electron chi connectivity index (χ1n) is 2.95. The number of rotatable bonds is 4. The maximum absolute atomic E-state index is 10.6. The van der Waals surface area contributed by atoms with Crippen LogP contribution in [0, 0.1) is 0 Å². The average Bonchev–Trinajstić information content (AvgIpc) is 1.89. The van der Waals surface area contributed by atoms with Crippen LogP contribution >= 0.6 is 0 Å². The molecule has 4 nitrogen and oxygen atoms in total. The molecule has 0 spiro atoms. The van der Waals surface area contributed by atoms with Crippen molar-refractivity contribution in [1.29, 1.82) is 0 Å². The van der Waals surface area contributed by atoms with Crippen molar-refractivity contribution in [2.75, 3.05) is 20.3 Å². The summed E-state index contributed by atoms with van der Waals surface area (Å²) in [6.45, 7) is 4.35. The standard InChI is InChI=1S/C6H12N2O2/c1-3-7-6(9)8-4-5-10-2/h3H,1,4-5H2,2H3,(H2,7,8,9). The molecule has 0 aliphatic heterocycles. The van der Waals surface area contributed by atoms with Gasteiger partial charge in [0.15, 0.2) is 0 Å². The number of ether oxygens (including phenoxy) is 1. The second kappa shape index (κ2) is 6.10. The fraction of sp³-hybridized carbons (Fsp3) is 0.500. The molecule has 0 unspecified atom stereocenters. The topological polar surface area (TPSA) is 50.4 Å². The average molecular weight is 144 g/mol. The summed E-state index contributed by atoms with van der Waals surface area (Å²) in [4.78, 5) is 10.6. The largest absolute Gasteiger partial charge is 0.383 e. The van der Waals surface area contributed by atoms with Crippen LogP contribution in [-0.2, 0) is 4.74 Å². The molecule has 2 amide bonds. The lowest BCUT2D eigenvalue weighted by molar-refractivity contribution is 0.196. The number of carbonyl (C=O) groups excluding carboxylic acids is 1. The minimum absolute atomic E-state index is 0.257. The van der Waals surface area contributed by atoms with Gasteiger partial charge in [0.1, 0.15) is 0 Å². The molecule has 2 N–H and O–H groups in total. The third-order valence-electron chi connectivity index (χ3n) is 0.825. The number of hydrogen-bond acceptors (Lipinski definition) is 2. The Hall–Kier alpha value is -1.03. The highest BCUT2D eigenvalue weighted by Crippen LogP contribution is 1.66. The molecule has 0 saturated carbocycles. The molecular weight excluding hydrogens is 132 g/mol. The number of nitrogens with one attached hydrogen (secondary N) is 2. The molecule has 0 bridgehead atoms. The highest BCUT2D eigenvalue weighted by Gasteiger charge is 1.92. The molecular formula is C6H12N2O2. The van der Waals surface area contributed by atoms with E-state index in [9.17, 15) is 4.79 Å². The molecule has 4 heteroatoms. The van der Waals surface area contributed by atoms with Gasteiger partial charge in [-0.15, -0.1) is 0 Å². The summed E-state index contributed by atoms with van der Waals surface area (Å²) in [5, 5.41) is 4.90. The maximum Gasteiger partial charge on any atom is 0.318 e. The summed E-state index contributed by atoms with van der Waals surface area (Å²) < 4.78 is 4.70.